The number of rotatable bonds is 10. The first kappa shape index (κ1) is 37.5. The minimum absolute atomic E-state index is 0. The summed E-state index contributed by atoms with van der Waals surface area (Å²) in [6.07, 6.45) is 2.99. The van der Waals surface area contributed by atoms with Gasteiger partial charge in [-0.3, -0.25) is 4.79 Å². The molecular formula is C28H40ClIrN5O4S2-4. The third-order valence-electron chi connectivity index (χ3n) is 7.70. The second-order valence-electron chi connectivity index (χ2n) is 10.1. The molecule has 0 aliphatic carbocycles. The van der Waals surface area contributed by atoms with Crippen molar-refractivity contribution in [2.24, 2.45) is 0 Å². The molecule has 3 atom stereocenters. The topological polar surface area (TPSA) is 142 Å². The van der Waals surface area contributed by atoms with Crippen LogP contribution in [0.5, 0.6) is 0 Å². The van der Waals surface area contributed by atoms with Crippen LogP contribution in [0.1, 0.15) is 53.5 Å². The van der Waals surface area contributed by atoms with Crippen molar-refractivity contribution in [3.05, 3.63) is 62.5 Å². The van der Waals surface area contributed by atoms with E-state index in [1.54, 1.807) is 0 Å². The summed E-state index contributed by atoms with van der Waals surface area (Å²) in [4.78, 5) is 23.5. The van der Waals surface area contributed by atoms with Gasteiger partial charge >= 0.3 is 6.03 Å². The first-order chi connectivity index (χ1) is 18.4. The number of halogens is 1. The van der Waals surface area contributed by atoms with Crippen LogP contribution in [0.15, 0.2) is 29.2 Å². The van der Waals surface area contributed by atoms with Crippen molar-refractivity contribution in [1.29, 1.82) is 0 Å². The van der Waals surface area contributed by atoms with Gasteiger partial charge in [-0.25, -0.2) is 13.2 Å². The molecule has 41 heavy (non-hydrogen) atoms. The number of carbonyl (C=O) groups excluding carboxylic acids is 2. The average Bonchev–Trinajstić information content (AvgIpc) is 3.51. The monoisotopic (exact) mass is 802 g/mol. The summed E-state index contributed by atoms with van der Waals surface area (Å²) >= 11 is 1.86. The van der Waals surface area contributed by atoms with Crippen LogP contribution in [0, 0.1) is 34.6 Å². The second kappa shape index (κ2) is 16.9. The Balaban J connectivity index is 0.000000596. The van der Waals surface area contributed by atoms with Crippen LogP contribution in [0.2, 0.25) is 0 Å². The fraction of sp³-hybridized carbons (Fsp3) is 0.536. The molecule has 0 aromatic heterocycles. The number of nitrogens with one attached hydrogen (secondary N) is 4. The number of carbonyl (C=O) groups is 2. The van der Waals surface area contributed by atoms with Crippen LogP contribution < -0.4 is 28.4 Å². The molecule has 2 saturated heterocycles. The normalized spacial score (nSPS) is 19.1. The van der Waals surface area contributed by atoms with E-state index in [4.69, 9.17) is 5.73 Å². The number of benzene rings is 1. The summed E-state index contributed by atoms with van der Waals surface area (Å²) in [5, 5.41) is 9.04. The SMILES string of the molecule is Cc1c(C)c(C)[c-](C)c1C.[Cl-].[Ir].[NH-]CC[N-]S(=O)(=O)c1ccc(NC(=O)CCCC[C@@H]2SC[C@@H]3NC(=O)N[C@@H]32)cc1. The molecule has 2 aliphatic heterocycles. The Morgan fingerprint density at radius 3 is 2.24 bits per heavy atom. The Morgan fingerprint density at radius 2 is 1.71 bits per heavy atom. The predicted molar refractivity (Wildman–Crippen MR) is 159 cm³/mol. The minimum Gasteiger partial charge on any atom is -1.00 e. The molecule has 0 bridgehead atoms. The molecule has 4 N–H and O–H groups in total. The van der Waals surface area contributed by atoms with E-state index in [1.807, 2.05) is 11.8 Å². The van der Waals surface area contributed by atoms with E-state index in [0.717, 1.165) is 25.0 Å². The zero-order valence-electron chi connectivity index (χ0n) is 24.1. The van der Waals surface area contributed by atoms with E-state index in [2.05, 4.69) is 55.3 Å². The number of hydrogen-bond donors (Lipinski definition) is 3. The minimum atomic E-state index is -3.74. The molecule has 0 unspecified atom stereocenters. The first-order valence-corrected chi connectivity index (χ1v) is 15.8. The van der Waals surface area contributed by atoms with Crippen molar-refractivity contribution in [3.8, 4) is 0 Å². The number of thioether (sulfide) groups is 1. The fourth-order valence-corrected chi connectivity index (χ4v) is 7.36. The van der Waals surface area contributed by atoms with Crippen molar-refractivity contribution in [2.45, 2.75) is 82.5 Å². The Kier molecular flexibility index (Phi) is 15.5. The van der Waals surface area contributed by atoms with Gasteiger partial charge in [0.2, 0.25) is 5.91 Å². The van der Waals surface area contributed by atoms with Crippen molar-refractivity contribution in [3.63, 3.8) is 0 Å². The molecule has 0 spiro atoms. The fourth-order valence-electron chi connectivity index (χ4n) is 4.85. The number of anilines is 1. The molecule has 2 aromatic rings. The van der Waals surface area contributed by atoms with Gasteiger partial charge in [0.1, 0.15) is 10.0 Å². The molecule has 0 saturated carbocycles. The van der Waals surface area contributed by atoms with E-state index in [9.17, 15) is 18.0 Å². The van der Waals surface area contributed by atoms with Crippen LogP contribution in [0.3, 0.4) is 0 Å². The summed E-state index contributed by atoms with van der Waals surface area (Å²) in [6.45, 7) is 10.8. The number of unbranched alkanes of at least 4 members (excludes halogenated alkanes) is 1. The molecule has 9 nitrogen and oxygen atoms in total. The van der Waals surface area contributed by atoms with Gasteiger partial charge in [0.05, 0.1) is 12.1 Å². The molecule has 233 valence electrons. The van der Waals surface area contributed by atoms with E-state index in [-0.39, 0.29) is 74.5 Å². The van der Waals surface area contributed by atoms with Gasteiger partial charge in [-0.05, 0) is 37.1 Å². The third kappa shape index (κ3) is 10.0. The Hall–Kier alpha value is -1.53. The molecular weight excluding hydrogens is 762 g/mol. The largest absolute Gasteiger partial charge is 1.00 e. The maximum atomic E-state index is 12.1. The number of fused-ring (bicyclic) bond motifs is 1. The molecule has 1 radical (unpaired) electrons. The smallest absolute Gasteiger partial charge is 0.315 e. The Morgan fingerprint density at radius 1 is 1.10 bits per heavy atom. The van der Waals surface area contributed by atoms with Crippen LogP contribution in [0.25, 0.3) is 10.5 Å². The Labute approximate surface area is 268 Å². The molecule has 2 aromatic carbocycles. The number of amides is 3. The second-order valence-corrected chi connectivity index (χ2v) is 13.1. The molecule has 2 heterocycles. The van der Waals surface area contributed by atoms with Crippen molar-refractivity contribution < 1.29 is 50.5 Å². The van der Waals surface area contributed by atoms with Crippen molar-refractivity contribution in [1.82, 2.24) is 10.6 Å². The average molecular weight is 802 g/mol. The van der Waals surface area contributed by atoms with E-state index in [0.29, 0.717) is 17.4 Å². The number of hydrogen-bond acceptors (Lipinski definition) is 5. The number of nitrogens with zero attached hydrogens (tertiary/aromatic N) is 1. The van der Waals surface area contributed by atoms with Gasteiger partial charge < -0.3 is 38.8 Å². The maximum Gasteiger partial charge on any atom is 0.315 e. The summed E-state index contributed by atoms with van der Waals surface area (Å²) in [5.41, 5.74) is 14.9. The summed E-state index contributed by atoms with van der Waals surface area (Å²) in [7, 11) is -3.74. The van der Waals surface area contributed by atoms with E-state index < -0.39 is 10.0 Å². The van der Waals surface area contributed by atoms with Gasteiger partial charge in [-0.15, -0.1) is 0 Å². The molecule has 2 aliphatic rings. The molecule has 13 heteroatoms. The van der Waals surface area contributed by atoms with Gasteiger partial charge in [0.25, 0.3) is 0 Å². The van der Waals surface area contributed by atoms with Crippen LogP contribution in [-0.2, 0) is 34.9 Å². The van der Waals surface area contributed by atoms with Gasteiger partial charge in [-0.1, -0.05) is 41.0 Å². The molecule has 4 rings (SSSR count). The first-order valence-electron chi connectivity index (χ1n) is 13.3. The van der Waals surface area contributed by atoms with E-state index in [1.165, 1.54) is 52.1 Å². The van der Waals surface area contributed by atoms with Crippen LogP contribution >= 0.6 is 11.8 Å². The van der Waals surface area contributed by atoms with Crippen molar-refractivity contribution in [2.75, 3.05) is 24.2 Å². The number of urea groups is 1. The summed E-state index contributed by atoms with van der Waals surface area (Å²) in [5.74, 6) is 0.809. The zero-order valence-corrected chi connectivity index (χ0v) is 28.9. The quantitative estimate of drug-likeness (QED) is 0.192. The summed E-state index contributed by atoms with van der Waals surface area (Å²) in [6, 6.07) is 6.18. The Bertz CT molecular complexity index is 1190. The zero-order chi connectivity index (χ0) is 28.7. The van der Waals surface area contributed by atoms with Crippen molar-refractivity contribution >= 4 is 39.4 Å². The third-order valence-corrected chi connectivity index (χ3v) is 10.6. The van der Waals surface area contributed by atoms with E-state index >= 15 is 0 Å². The molecule has 3 amide bonds. The van der Waals surface area contributed by atoms with Gasteiger partial charge in [0.15, 0.2) is 0 Å². The van der Waals surface area contributed by atoms with Crippen LogP contribution in [-0.4, -0.2) is 56.5 Å². The van der Waals surface area contributed by atoms with Gasteiger partial charge in [-0.2, -0.15) is 52.7 Å². The number of sulfonamides is 1. The maximum absolute atomic E-state index is 12.1. The van der Waals surface area contributed by atoms with Gasteiger partial charge in [0, 0.05) is 48.1 Å². The predicted octanol–water partition coefficient (Wildman–Crippen LogP) is 2.41. The summed E-state index contributed by atoms with van der Waals surface area (Å²) < 4.78 is 27.4. The molecule has 2 fully saturated rings. The van der Waals surface area contributed by atoms with Crippen LogP contribution in [0.4, 0.5) is 10.5 Å². The standard InChI is InChI=1S/C18H25N5O4S2.C10H15.ClH.Ir/c19-9-10-20-29(26,27)13-7-5-12(6-8-13)21-16(24)4-2-1-3-15-17-14(11-28-15)22-18(25)23-17;1-6-7(2)9(4)10(5)8(6)3;;/h5-8,14-15,17,19H,1-4,9-11H2,(H,21,24)(H2,22,23,25);1-5H3;1H;/q-2;-1;;/p-1/t14-,15-,17-;;;/m0.../s1.